The van der Waals surface area contributed by atoms with Crippen molar-refractivity contribution in [2.75, 3.05) is 39.3 Å². The van der Waals surface area contributed by atoms with Crippen LogP contribution >= 0.6 is 0 Å². The minimum atomic E-state index is -0.751. The van der Waals surface area contributed by atoms with Gasteiger partial charge in [0.1, 0.15) is 0 Å². The van der Waals surface area contributed by atoms with Crippen LogP contribution in [0.25, 0.3) is 0 Å². The van der Waals surface area contributed by atoms with Gasteiger partial charge in [-0.3, -0.25) is 4.79 Å². The highest BCUT2D eigenvalue weighted by molar-refractivity contribution is 5.85. The number of nitrogens with two attached hydrogens (primary N) is 2. The maximum atomic E-state index is 11.6. The fraction of sp³-hybridized carbons (Fsp3) is 0.938. The Morgan fingerprint density at radius 3 is 2.43 bits per heavy atom. The van der Waals surface area contributed by atoms with Crippen LogP contribution in [0.1, 0.15) is 39.5 Å². The lowest BCUT2D eigenvalue weighted by molar-refractivity contribution is -0.124. The first-order chi connectivity index (χ1) is 9.91. The van der Waals surface area contributed by atoms with E-state index in [9.17, 15) is 4.79 Å². The molecular formula is C16H32N4O. The number of carbonyl (C=O) groups excluding carboxylic acids is 1. The minimum absolute atomic E-state index is 0.267. The van der Waals surface area contributed by atoms with Gasteiger partial charge >= 0.3 is 0 Å². The van der Waals surface area contributed by atoms with E-state index < -0.39 is 5.54 Å². The third-order valence-electron chi connectivity index (χ3n) is 5.21. The average Bonchev–Trinajstić information content (AvgIpc) is 2.80. The Labute approximate surface area is 129 Å². The Morgan fingerprint density at radius 2 is 1.86 bits per heavy atom. The number of amides is 1. The number of primary amides is 1. The van der Waals surface area contributed by atoms with Gasteiger partial charge in [-0.15, -0.1) is 0 Å². The molecule has 2 unspecified atom stereocenters. The van der Waals surface area contributed by atoms with Gasteiger partial charge in [-0.05, 0) is 37.6 Å². The van der Waals surface area contributed by atoms with E-state index in [0.29, 0.717) is 0 Å². The van der Waals surface area contributed by atoms with Crippen molar-refractivity contribution in [2.24, 2.45) is 23.3 Å². The van der Waals surface area contributed by atoms with E-state index in [4.69, 9.17) is 11.5 Å². The van der Waals surface area contributed by atoms with Crippen molar-refractivity contribution in [2.45, 2.75) is 45.1 Å². The summed E-state index contributed by atoms with van der Waals surface area (Å²) in [5.74, 6) is 0.693. The Morgan fingerprint density at radius 1 is 1.24 bits per heavy atom. The largest absolute Gasteiger partial charge is 0.368 e. The van der Waals surface area contributed by atoms with Crippen molar-refractivity contribution in [1.82, 2.24) is 9.80 Å². The highest BCUT2D eigenvalue weighted by atomic mass is 16.1. The van der Waals surface area contributed by atoms with E-state index >= 15 is 0 Å². The molecule has 1 aliphatic heterocycles. The molecule has 2 aliphatic rings. The first-order valence-corrected chi connectivity index (χ1v) is 8.45. The zero-order valence-electron chi connectivity index (χ0n) is 13.7. The molecule has 1 heterocycles. The first-order valence-electron chi connectivity index (χ1n) is 8.45. The molecule has 122 valence electrons. The summed E-state index contributed by atoms with van der Waals surface area (Å²) in [6.45, 7) is 11.4. The standard InChI is InChI=1S/C16H32N4O/c1-13(2)12-20-10-8-19(9-11-20)7-5-14-4-3-6-16(14,18)15(17)21/h13-14H,3-12,18H2,1-2H3,(H2,17,21). The van der Waals surface area contributed by atoms with Crippen molar-refractivity contribution < 1.29 is 4.79 Å². The van der Waals surface area contributed by atoms with E-state index in [2.05, 4.69) is 23.6 Å². The summed E-state index contributed by atoms with van der Waals surface area (Å²) in [7, 11) is 0. The molecule has 0 aromatic heterocycles. The van der Waals surface area contributed by atoms with E-state index in [0.717, 1.165) is 64.3 Å². The number of nitrogens with zero attached hydrogens (tertiary/aromatic N) is 2. The monoisotopic (exact) mass is 296 g/mol. The average molecular weight is 296 g/mol. The molecule has 1 amide bonds. The SMILES string of the molecule is CC(C)CN1CCN(CCC2CCCC2(N)C(N)=O)CC1. The summed E-state index contributed by atoms with van der Waals surface area (Å²) in [5, 5.41) is 0. The van der Waals surface area contributed by atoms with Gasteiger partial charge < -0.3 is 21.3 Å². The Hall–Kier alpha value is -0.650. The molecular weight excluding hydrogens is 264 g/mol. The molecule has 0 aromatic carbocycles. The Balaban J connectivity index is 1.73. The maximum absolute atomic E-state index is 11.6. The van der Waals surface area contributed by atoms with Gasteiger partial charge in [-0.25, -0.2) is 0 Å². The van der Waals surface area contributed by atoms with E-state index in [1.165, 1.54) is 6.54 Å². The quantitative estimate of drug-likeness (QED) is 0.754. The molecule has 1 saturated carbocycles. The number of hydrogen-bond donors (Lipinski definition) is 2. The van der Waals surface area contributed by atoms with Crippen molar-refractivity contribution in [3.05, 3.63) is 0 Å². The molecule has 0 bridgehead atoms. The molecule has 5 nitrogen and oxygen atoms in total. The second-order valence-electron chi connectivity index (χ2n) is 7.32. The van der Waals surface area contributed by atoms with E-state index in [-0.39, 0.29) is 11.8 Å². The van der Waals surface area contributed by atoms with Gasteiger partial charge in [0.05, 0.1) is 5.54 Å². The van der Waals surface area contributed by atoms with Crippen LogP contribution in [0.5, 0.6) is 0 Å². The molecule has 2 atom stereocenters. The molecule has 4 N–H and O–H groups in total. The zero-order chi connectivity index (χ0) is 15.5. The summed E-state index contributed by atoms with van der Waals surface area (Å²) in [6.07, 6.45) is 3.85. The summed E-state index contributed by atoms with van der Waals surface area (Å²) in [5.41, 5.74) is 11.0. The Bertz CT molecular complexity index is 352. The summed E-state index contributed by atoms with van der Waals surface area (Å²) in [6, 6.07) is 0. The Kier molecular flexibility index (Phi) is 5.63. The van der Waals surface area contributed by atoms with Gasteiger partial charge in [-0.2, -0.15) is 0 Å². The first kappa shape index (κ1) is 16.7. The van der Waals surface area contributed by atoms with Gasteiger partial charge in [0.2, 0.25) is 5.91 Å². The summed E-state index contributed by atoms with van der Waals surface area (Å²) >= 11 is 0. The summed E-state index contributed by atoms with van der Waals surface area (Å²) < 4.78 is 0. The highest BCUT2D eigenvalue weighted by Crippen LogP contribution is 2.36. The van der Waals surface area contributed by atoms with Crippen LogP contribution in [0.15, 0.2) is 0 Å². The molecule has 0 spiro atoms. The molecule has 0 aromatic rings. The molecule has 5 heteroatoms. The van der Waals surface area contributed by atoms with Crippen molar-refractivity contribution in [3.8, 4) is 0 Å². The minimum Gasteiger partial charge on any atom is -0.368 e. The number of rotatable bonds is 6. The van der Waals surface area contributed by atoms with Crippen molar-refractivity contribution >= 4 is 5.91 Å². The molecule has 0 radical (unpaired) electrons. The van der Waals surface area contributed by atoms with Gasteiger partial charge in [-0.1, -0.05) is 20.3 Å². The normalized spacial score (nSPS) is 31.9. The topological polar surface area (TPSA) is 75.6 Å². The highest BCUT2D eigenvalue weighted by Gasteiger charge is 2.44. The lowest BCUT2D eigenvalue weighted by Crippen LogP contribution is -2.55. The second-order valence-corrected chi connectivity index (χ2v) is 7.32. The molecule has 1 saturated heterocycles. The molecule has 2 fully saturated rings. The number of piperazine rings is 1. The van der Waals surface area contributed by atoms with Crippen LogP contribution in [0.4, 0.5) is 0 Å². The predicted octanol–water partition coefficient (Wildman–Crippen LogP) is 0.633. The third kappa shape index (κ3) is 4.18. The maximum Gasteiger partial charge on any atom is 0.237 e. The molecule has 1 aliphatic carbocycles. The third-order valence-corrected chi connectivity index (χ3v) is 5.21. The van der Waals surface area contributed by atoms with Crippen molar-refractivity contribution in [3.63, 3.8) is 0 Å². The van der Waals surface area contributed by atoms with Gasteiger partial charge in [0, 0.05) is 32.7 Å². The second kappa shape index (κ2) is 7.07. The van der Waals surface area contributed by atoms with Crippen LogP contribution in [0.2, 0.25) is 0 Å². The number of hydrogen-bond acceptors (Lipinski definition) is 4. The predicted molar refractivity (Wildman–Crippen MR) is 85.8 cm³/mol. The van der Waals surface area contributed by atoms with E-state index in [1.807, 2.05) is 0 Å². The van der Waals surface area contributed by atoms with E-state index in [1.54, 1.807) is 0 Å². The van der Waals surface area contributed by atoms with Crippen LogP contribution in [0.3, 0.4) is 0 Å². The zero-order valence-corrected chi connectivity index (χ0v) is 13.7. The van der Waals surface area contributed by atoms with Crippen LogP contribution in [-0.4, -0.2) is 60.5 Å². The fourth-order valence-electron chi connectivity index (χ4n) is 3.88. The molecule has 2 rings (SSSR count). The van der Waals surface area contributed by atoms with Gasteiger partial charge in [0.15, 0.2) is 0 Å². The number of carbonyl (C=O) groups is 1. The lowest BCUT2D eigenvalue weighted by atomic mass is 9.85. The lowest BCUT2D eigenvalue weighted by Gasteiger charge is -2.37. The van der Waals surface area contributed by atoms with Crippen LogP contribution in [-0.2, 0) is 4.79 Å². The summed E-state index contributed by atoms with van der Waals surface area (Å²) in [4.78, 5) is 16.7. The van der Waals surface area contributed by atoms with Gasteiger partial charge in [0.25, 0.3) is 0 Å². The van der Waals surface area contributed by atoms with Crippen molar-refractivity contribution in [1.29, 1.82) is 0 Å². The van der Waals surface area contributed by atoms with Crippen LogP contribution in [0, 0.1) is 11.8 Å². The molecule has 21 heavy (non-hydrogen) atoms. The fourth-order valence-corrected chi connectivity index (χ4v) is 3.88. The van der Waals surface area contributed by atoms with Crippen LogP contribution < -0.4 is 11.5 Å². The smallest absolute Gasteiger partial charge is 0.237 e.